The Morgan fingerprint density at radius 2 is 1.73 bits per heavy atom. The fourth-order valence-corrected chi connectivity index (χ4v) is 4.93. The van der Waals surface area contributed by atoms with E-state index >= 15 is 0 Å². The van der Waals surface area contributed by atoms with Gasteiger partial charge in [-0.1, -0.05) is 24.3 Å². The van der Waals surface area contributed by atoms with Crippen molar-refractivity contribution in [2.45, 2.75) is 38.1 Å². The molecule has 0 aromatic heterocycles. The first-order valence-corrected chi connectivity index (χ1v) is 13.0. The Hall–Kier alpha value is -4.60. The molecule has 0 saturated carbocycles. The second kappa shape index (κ2) is 13.0. The number of anilines is 2. The standard InChI is InChI=1S/C30H32FN3O6/c1-39-26-18-21(29(36)37)11-10-20(26)12-13-22-6-5-15-34(22)28(35)17-19-9-14-25(27(16-19)40-2)33-30(38)32-24-8-4-3-7-23(24)31/h3-4,7-11,14,16,18,22H,5-6,12-13,15,17H2,1-2H3,(H,36,37)(H2,32,33,38). The minimum Gasteiger partial charge on any atom is -0.496 e. The van der Waals surface area contributed by atoms with E-state index in [1.807, 2.05) is 4.90 Å². The summed E-state index contributed by atoms with van der Waals surface area (Å²) in [5.41, 5.74) is 2.24. The highest BCUT2D eigenvalue weighted by atomic mass is 19.1. The van der Waals surface area contributed by atoms with Crippen molar-refractivity contribution in [3.05, 3.63) is 83.2 Å². The Bertz CT molecular complexity index is 1400. The molecule has 40 heavy (non-hydrogen) atoms. The van der Waals surface area contributed by atoms with Gasteiger partial charge in [-0.05, 0) is 73.2 Å². The van der Waals surface area contributed by atoms with Crippen LogP contribution in [0.1, 0.15) is 40.7 Å². The number of aromatic carboxylic acids is 1. The molecule has 1 saturated heterocycles. The molecule has 1 unspecified atom stereocenters. The molecule has 1 atom stereocenters. The van der Waals surface area contributed by atoms with Gasteiger partial charge in [-0.25, -0.2) is 14.0 Å². The van der Waals surface area contributed by atoms with Crippen LogP contribution >= 0.6 is 0 Å². The summed E-state index contributed by atoms with van der Waals surface area (Å²) >= 11 is 0. The number of para-hydroxylation sites is 1. The summed E-state index contributed by atoms with van der Waals surface area (Å²) in [6.45, 7) is 0.672. The van der Waals surface area contributed by atoms with Gasteiger partial charge >= 0.3 is 12.0 Å². The quantitative estimate of drug-likeness (QED) is 0.314. The number of aryl methyl sites for hydroxylation is 1. The third kappa shape index (κ3) is 6.88. The Morgan fingerprint density at radius 3 is 2.45 bits per heavy atom. The molecule has 3 aromatic carbocycles. The molecule has 1 aliphatic rings. The maximum atomic E-state index is 13.8. The molecule has 10 heteroatoms. The summed E-state index contributed by atoms with van der Waals surface area (Å²) in [4.78, 5) is 38.8. The van der Waals surface area contributed by atoms with Crippen LogP contribution in [0.4, 0.5) is 20.6 Å². The van der Waals surface area contributed by atoms with Gasteiger partial charge in [0.1, 0.15) is 17.3 Å². The molecule has 9 nitrogen and oxygen atoms in total. The van der Waals surface area contributed by atoms with Crippen molar-refractivity contribution in [3.8, 4) is 11.5 Å². The van der Waals surface area contributed by atoms with Crippen molar-refractivity contribution >= 4 is 29.3 Å². The lowest BCUT2D eigenvalue weighted by molar-refractivity contribution is -0.131. The van der Waals surface area contributed by atoms with Crippen LogP contribution in [0.2, 0.25) is 0 Å². The van der Waals surface area contributed by atoms with Crippen LogP contribution in [-0.2, 0) is 17.6 Å². The number of carbonyl (C=O) groups excluding carboxylic acids is 2. The number of urea groups is 1. The molecular formula is C30H32FN3O6. The molecule has 210 valence electrons. The zero-order valence-corrected chi connectivity index (χ0v) is 22.4. The number of carbonyl (C=O) groups is 3. The maximum Gasteiger partial charge on any atom is 0.335 e. The number of carboxylic acid groups (broad SMARTS) is 1. The maximum absolute atomic E-state index is 13.8. The first-order valence-electron chi connectivity index (χ1n) is 13.0. The molecule has 0 spiro atoms. The zero-order valence-electron chi connectivity index (χ0n) is 22.4. The fourth-order valence-electron chi connectivity index (χ4n) is 4.93. The van der Waals surface area contributed by atoms with E-state index < -0.39 is 17.8 Å². The van der Waals surface area contributed by atoms with Crippen molar-refractivity contribution in [2.75, 3.05) is 31.4 Å². The van der Waals surface area contributed by atoms with Gasteiger partial charge < -0.3 is 30.1 Å². The van der Waals surface area contributed by atoms with Gasteiger partial charge in [-0.3, -0.25) is 4.79 Å². The number of methoxy groups -OCH3 is 2. The first-order chi connectivity index (χ1) is 19.3. The molecule has 1 aliphatic heterocycles. The highest BCUT2D eigenvalue weighted by Crippen LogP contribution is 2.29. The Balaban J connectivity index is 1.37. The van der Waals surface area contributed by atoms with E-state index in [0.717, 1.165) is 30.4 Å². The van der Waals surface area contributed by atoms with Crippen LogP contribution in [-0.4, -0.2) is 54.7 Å². The van der Waals surface area contributed by atoms with Gasteiger partial charge in [-0.15, -0.1) is 0 Å². The number of amides is 3. The van der Waals surface area contributed by atoms with Crippen LogP contribution in [0.3, 0.4) is 0 Å². The van der Waals surface area contributed by atoms with Crippen LogP contribution in [0, 0.1) is 5.82 Å². The summed E-state index contributed by atoms with van der Waals surface area (Å²) in [5.74, 6) is -0.656. The second-order valence-corrected chi connectivity index (χ2v) is 9.52. The summed E-state index contributed by atoms with van der Waals surface area (Å²) < 4.78 is 24.7. The number of halogens is 1. The molecular weight excluding hydrogens is 517 g/mol. The molecule has 3 amide bonds. The lowest BCUT2D eigenvalue weighted by Gasteiger charge is -2.25. The number of ether oxygens (including phenoxy) is 2. The number of nitrogens with zero attached hydrogens (tertiary/aromatic N) is 1. The van der Waals surface area contributed by atoms with E-state index in [1.165, 1.54) is 38.5 Å². The summed E-state index contributed by atoms with van der Waals surface area (Å²) in [7, 11) is 2.98. The van der Waals surface area contributed by atoms with E-state index in [1.54, 1.807) is 36.4 Å². The first kappa shape index (κ1) is 28.4. The Kier molecular flexibility index (Phi) is 9.21. The van der Waals surface area contributed by atoms with Gasteiger partial charge in [0, 0.05) is 12.6 Å². The van der Waals surface area contributed by atoms with E-state index in [2.05, 4.69) is 10.6 Å². The minimum absolute atomic E-state index is 0.00394. The summed E-state index contributed by atoms with van der Waals surface area (Å²) in [6.07, 6.45) is 3.36. The van der Waals surface area contributed by atoms with Crippen LogP contribution in [0.15, 0.2) is 60.7 Å². The van der Waals surface area contributed by atoms with E-state index in [0.29, 0.717) is 30.2 Å². The highest BCUT2D eigenvalue weighted by molar-refractivity contribution is 6.00. The van der Waals surface area contributed by atoms with Crippen LogP contribution < -0.4 is 20.1 Å². The van der Waals surface area contributed by atoms with Gasteiger partial charge in [-0.2, -0.15) is 0 Å². The van der Waals surface area contributed by atoms with Gasteiger partial charge in [0.15, 0.2) is 0 Å². The van der Waals surface area contributed by atoms with E-state index in [4.69, 9.17) is 9.47 Å². The largest absolute Gasteiger partial charge is 0.496 e. The molecule has 3 N–H and O–H groups in total. The van der Waals surface area contributed by atoms with Crippen molar-refractivity contribution in [2.24, 2.45) is 0 Å². The van der Waals surface area contributed by atoms with Gasteiger partial charge in [0.25, 0.3) is 0 Å². The number of rotatable bonds is 10. The van der Waals surface area contributed by atoms with Gasteiger partial charge in [0.2, 0.25) is 5.91 Å². The Morgan fingerprint density at radius 1 is 0.975 bits per heavy atom. The molecule has 4 rings (SSSR count). The molecule has 1 heterocycles. The lowest BCUT2D eigenvalue weighted by Crippen LogP contribution is -2.36. The lowest BCUT2D eigenvalue weighted by atomic mass is 10.0. The topological polar surface area (TPSA) is 117 Å². The van der Waals surface area contributed by atoms with Gasteiger partial charge in [0.05, 0.1) is 37.6 Å². The monoisotopic (exact) mass is 549 g/mol. The SMILES string of the molecule is COc1cc(C(=O)O)ccc1CCC1CCCN1C(=O)Cc1ccc(NC(=O)Nc2ccccc2F)c(OC)c1. The third-order valence-corrected chi connectivity index (χ3v) is 6.97. The number of carboxylic acids is 1. The molecule has 0 radical (unpaired) electrons. The molecule has 0 bridgehead atoms. The number of likely N-dealkylation sites (tertiary alicyclic amines) is 1. The summed E-state index contributed by atoms with van der Waals surface area (Å²) in [5, 5.41) is 14.3. The van der Waals surface area contributed by atoms with Crippen molar-refractivity contribution in [1.82, 2.24) is 4.90 Å². The molecule has 3 aromatic rings. The average Bonchev–Trinajstić information content (AvgIpc) is 3.42. The number of hydrogen-bond donors (Lipinski definition) is 3. The molecule has 0 aliphatic carbocycles. The normalized spacial score (nSPS) is 14.5. The van der Waals surface area contributed by atoms with Crippen molar-refractivity contribution in [3.63, 3.8) is 0 Å². The number of nitrogens with one attached hydrogen (secondary N) is 2. The number of hydrogen-bond acceptors (Lipinski definition) is 5. The van der Waals surface area contributed by atoms with Crippen LogP contribution in [0.5, 0.6) is 11.5 Å². The third-order valence-electron chi connectivity index (χ3n) is 6.97. The van der Waals surface area contributed by atoms with E-state index in [9.17, 15) is 23.9 Å². The second-order valence-electron chi connectivity index (χ2n) is 9.52. The zero-order chi connectivity index (χ0) is 28.6. The average molecular weight is 550 g/mol. The molecule has 1 fully saturated rings. The fraction of sp³-hybridized carbons (Fsp3) is 0.300. The number of benzene rings is 3. The minimum atomic E-state index is -1.01. The van der Waals surface area contributed by atoms with Crippen molar-refractivity contribution in [1.29, 1.82) is 0 Å². The Labute approximate surface area is 231 Å². The van der Waals surface area contributed by atoms with E-state index in [-0.39, 0.29) is 29.6 Å². The van der Waals surface area contributed by atoms with Crippen molar-refractivity contribution < 1.29 is 33.4 Å². The van der Waals surface area contributed by atoms with Crippen LogP contribution in [0.25, 0.3) is 0 Å². The summed E-state index contributed by atoms with van der Waals surface area (Å²) in [6, 6.07) is 15.3. The highest BCUT2D eigenvalue weighted by Gasteiger charge is 2.29. The predicted molar refractivity (Wildman–Crippen MR) is 149 cm³/mol. The predicted octanol–water partition coefficient (Wildman–Crippen LogP) is 5.35. The smallest absolute Gasteiger partial charge is 0.335 e.